The summed E-state index contributed by atoms with van der Waals surface area (Å²) in [4.78, 5) is 32.8. The summed E-state index contributed by atoms with van der Waals surface area (Å²) < 4.78 is 14.9. The van der Waals surface area contributed by atoms with Crippen LogP contribution in [-0.2, 0) is 5.75 Å². The number of hydrogen-bond donors (Lipinski definition) is 1. The number of anilines is 1. The number of rotatable bonds is 7. The lowest BCUT2D eigenvalue weighted by Gasteiger charge is -2.09. The Bertz CT molecular complexity index is 1240. The Balaban J connectivity index is 1.63. The molecule has 8 nitrogen and oxygen atoms in total. The number of carbonyl (C=O) groups excluding carboxylic acids is 2. The molecule has 2 aromatic heterocycles. The molecule has 0 aliphatic rings. The summed E-state index contributed by atoms with van der Waals surface area (Å²) in [7, 11) is 0. The molecule has 0 spiro atoms. The Morgan fingerprint density at radius 2 is 1.72 bits per heavy atom. The standard InChI is InChI=1S/C22H17FN6O2S/c1-14(30)15-3-7-17(8-4-15)26-21(31)20-19(13-32-22-24-11-2-12-25-22)29(28-27-20)18-9-5-16(23)6-10-18/h2-12H,13H2,1H3,(H,26,31). The first-order valence-electron chi connectivity index (χ1n) is 9.54. The van der Waals surface area contributed by atoms with Gasteiger partial charge in [0.05, 0.1) is 11.4 Å². The Morgan fingerprint density at radius 1 is 1.03 bits per heavy atom. The maximum atomic E-state index is 13.4. The number of nitrogens with zero attached hydrogens (tertiary/aromatic N) is 5. The molecule has 160 valence electrons. The largest absolute Gasteiger partial charge is 0.321 e. The molecule has 32 heavy (non-hydrogen) atoms. The molecule has 2 aromatic carbocycles. The van der Waals surface area contributed by atoms with E-state index in [1.165, 1.54) is 35.5 Å². The van der Waals surface area contributed by atoms with Crippen molar-refractivity contribution in [1.82, 2.24) is 25.0 Å². The van der Waals surface area contributed by atoms with Gasteiger partial charge in [0.1, 0.15) is 5.82 Å². The maximum absolute atomic E-state index is 13.4. The number of halogens is 1. The molecule has 0 fully saturated rings. The van der Waals surface area contributed by atoms with Crippen molar-refractivity contribution < 1.29 is 14.0 Å². The van der Waals surface area contributed by atoms with E-state index in [2.05, 4.69) is 25.6 Å². The summed E-state index contributed by atoms with van der Waals surface area (Å²) in [5.74, 6) is -0.596. The van der Waals surface area contributed by atoms with Crippen LogP contribution in [0.5, 0.6) is 0 Å². The van der Waals surface area contributed by atoms with Gasteiger partial charge in [0, 0.05) is 29.4 Å². The van der Waals surface area contributed by atoms with Gasteiger partial charge < -0.3 is 5.32 Å². The molecule has 0 bridgehead atoms. The van der Waals surface area contributed by atoms with Gasteiger partial charge in [-0.1, -0.05) is 17.0 Å². The van der Waals surface area contributed by atoms with Crippen LogP contribution in [0.15, 0.2) is 72.1 Å². The Labute approximate surface area is 186 Å². The number of benzene rings is 2. The minimum Gasteiger partial charge on any atom is -0.321 e. The monoisotopic (exact) mass is 448 g/mol. The zero-order valence-electron chi connectivity index (χ0n) is 16.9. The Morgan fingerprint density at radius 3 is 2.38 bits per heavy atom. The second-order valence-electron chi connectivity index (χ2n) is 6.68. The third-order valence-corrected chi connectivity index (χ3v) is 5.37. The van der Waals surface area contributed by atoms with Gasteiger partial charge in [-0.05, 0) is 61.5 Å². The lowest BCUT2D eigenvalue weighted by molar-refractivity contribution is 0.101. The predicted molar refractivity (Wildman–Crippen MR) is 117 cm³/mol. The molecule has 4 rings (SSSR count). The molecule has 0 aliphatic heterocycles. The van der Waals surface area contributed by atoms with E-state index in [1.54, 1.807) is 54.9 Å². The topological polar surface area (TPSA) is 103 Å². The highest BCUT2D eigenvalue weighted by Gasteiger charge is 2.21. The van der Waals surface area contributed by atoms with Crippen molar-refractivity contribution in [3.63, 3.8) is 0 Å². The van der Waals surface area contributed by atoms with Crippen molar-refractivity contribution in [3.8, 4) is 5.69 Å². The van der Waals surface area contributed by atoms with Crippen LogP contribution in [0.3, 0.4) is 0 Å². The SMILES string of the molecule is CC(=O)c1ccc(NC(=O)c2nnn(-c3ccc(F)cc3)c2CSc2ncccn2)cc1. The fourth-order valence-electron chi connectivity index (χ4n) is 2.87. The van der Waals surface area contributed by atoms with E-state index in [0.29, 0.717) is 33.5 Å². The van der Waals surface area contributed by atoms with Gasteiger partial charge in [0.25, 0.3) is 5.91 Å². The quantitative estimate of drug-likeness (QED) is 0.259. The van der Waals surface area contributed by atoms with Crippen molar-refractivity contribution in [3.05, 3.63) is 89.8 Å². The van der Waals surface area contributed by atoms with Crippen molar-refractivity contribution in [1.29, 1.82) is 0 Å². The highest BCUT2D eigenvalue weighted by Crippen LogP contribution is 2.23. The molecule has 4 aromatic rings. The first-order valence-corrected chi connectivity index (χ1v) is 10.5. The van der Waals surface area contributed by atoms with Gasteiger partial charge in [-0.25, -0.2) is 19.0 Å². The summed E-state index contributed by atoms with van der Waals surface area (Å²) in [6, 6.07) is 14.0. The molecule has 0 saturated carbocycles. The first kappa shape index (κ1) is 21.3. The number of thioether (sulfide) groups is 1. The van der Waals surface area contributed by atoms with Gasteiger partial charge in [0.2, 0.25) is 0 Å². The zero-order valence-corrected chi connectivity index (χ0v) is 17.7. The smallest absolute Gasteiger partial charge is 0.278 e. The van der Waals surface area contributed by atoms with E-state index < -0.39 is 5.91 Å². The van der Waals surface area contributed by atoms with E-state index >= 15 is 0 Å². The number of carbonyl (C=O) groups is 2. The molecule has 1 N–H and O–H groups in total. The molecule has 0 aliphatic carbocycles. The van der Waals surface area contributed by atoms with Crippen molar-refractivity contribution in [2.75, 3.05) is 5.32 Å². The molecular weight excluding hydrogens is 431 g/mol. The average Bonchev–Trinajstić information content (AvgIpc) is 3.23. The second kappa shape index (κ2) is 9.48. The molecule has 0 unspecified atom stereocenters. The van der Waals surface area contributed by atoms with Gasteiger partial charge in [-0.3, -0.25) is 9.59 Å². The predicted octanol–water partition coefficient (Wildman–Crippen LogP) is 3.94. The lowest BCUT2D eigenvalue weighted by Crippen LogP contribution is -2.15. The van der Waals surface area contributed by atoms with Crippen LogP contribution >= 0.6 is 11.8 Å². The fourth-order valence-corrected chi connectivity index (χ4v) is 3.66. The van der Waals surface area contributed by atoms with Crippen LogP contribution in [0.2, 0.25) is 0 Å². The summed E-state index contributed by atoms with van der Waals surface area (Å²) >= 11 is 1.32. The second-order valence-corrected chi connectivity index (χ2v) is 7.62. The van der Waals surface area contributed by atoms with Crippen LogP contribution < -0.4 is 5.32 Å². The minimum atomic E-state index is -0.460. The van der Waals surface area contributed by atoms with Gasteiger partial charge in [0.15, 0.2) is 16.6 Å². The maximum Gasteiger partial charge on any atom is 0.278 e. The number of ketones is 1. The number of aromatic nitrogens is 5. The zero-order chi connectivity index (χ0) is 22.5. The average molecular weight is 448 g/mol. The summed E-state index contributed by atoms with van der Waals surface area (Å²) in [5, 5.41) is 11.5. The van der Waals surface area contributed by atoms with E-state index in [1.807, 2.05) is 0 Å². The van der Waals surface area contributed by atoms with Gasteiger partial charge >= 0.3 is 0 Å². The Kier molecular flexibility index (Phi) is 6.31. The Hall–Kier alpha value is -3.92. The highest BCUT2D eigenvalue weighted by molar-refractivity contribution is 7.98. The molecule has 0 atom stereocenters. The van der Waals surface area contributed by atoms with Crippen LogP contribution in [0.1, 0.15) is 33.5 Å². The van der Waals surface area contributed by atoms with Crippen molar-refractivity contribution in [2.24, 2.45) is 0 Å². The number of hydrogen-bond acceptors (Lipinski definition) is 7. The molecule has 0 radical (unpaired) electrons. The van der Waals surface area contributed by atoms with Gasteiger partial charge in [-0.2, -0.15) is 0 Å². The third kappa shape index (κ3) is 4.86. The van der Waals surface area contributed by atoms with E-state index in [-0.39, 0.29) is 17.3 Å². The minimum absolute atomic E-state index is 0.0624. The molecule has 0 saturated heterocycles. The highest BCUT2D eigenvalue weighted by atomic mass is 32.2. The third-order valence-electron chi connectivity index (χ3n) is 4.48. The van der Waals surface area contributed by atoms with Crippen molar-refractivity contribution >= 4 is 29.1 Å². The van der Waals surface area contributed by atoms with E-state index in [4.69, 9.17) is 0 Å². The van der Waals surface area contributed by atoms with Crippen LogP contribution in [-0.4, -0.2) is 36.7 Å². The van der Waals surface area contributed by atoms with Crippen LogP contribution in [0.25, 0.3) is 5.69 Å². The van der Waals surface area contributed by atoms with Crippen LogP contribution in [0.4, 0.5) is 10.1 Å². The van der Waals surface area contributed by atoms with E-state index in [0.717, 1.165) is 0 Å². The summed E-state index contributed by atoms with van der Waals surface area (Å²) in [6.45, 7) is 1.47. The first-order chi connectivity index (χ1) is 15.5. The van der Waals surface area contributed by atoms with Crippen molar-refractivity contribution in [2.45, 2.75) is 17.8 Å². The molecular formula is C22H17FN6O2S. The lowest BCUT2D eigenvalue weighted by atomic mass is 10.1. The van der Waals surface area contributed by atoms with Crippen LogP contribution in [0, 0.1) is 5.82 Å². The number of amides is 1. The van der Waals surface area contributed by atoms with Gasteiger partial charge in [-0.15, -0.1) is 5.10 Å². The number of nitrogens with one attached hydrogen (secondary N) is 1. The number of Topliss-reactive ketones (excluding diaryl/α,β-unsaturated/α-hetero) is 1. The molecule has 1 amide bonds. The molecule has 2 heterocycles. The summed E-state index contributed by atoms with van der Waals surface area (Å²) in [5.41, 5.74) is 2.25. The fraction of sp³-hybridized carbons (Fsp3) is 0.0909. The molecule has 10 heteroatoms. The summed E-state index contributed by atoms with van der Waals surface area (Å²) in [6.07, 6.45) is 3.26. The normalized spacial score (nSPS) is 10.7. The van der Waals surface area contributed by atoms with E-state index in [9.17, 15) is 14.0 Å².